The summed E-state index contributed by atoms with van der Waals surface area (Å²) in [5.74, 6) is -2.01. The normalized spacial score (nSPS) is 15.4. The van der Waals surface area contributed by atoms with Crippen molar-refractivity contribution in [3.63, 3.8) is 0 Å². The Morgan fingerprint density at radius 3 is 2.35 bits per heavy atom. The molecular weight excluding hydrogens is 514 g/mol. The standard InChI is InChI=1S/C29H25N5O6/c1-16-6-8-22(17(2)14-16)33-26(36)21(25(35)31-29(33)39)15-30-34-27(37)19-5-3-4-18-23(32-10-12-40-13-11-32)9-7-20(24(18)19)28(34)38/h3-9,14-15,36H,10-13H2,1-2H3,(H,31,35,39). The first-order chi connectivity index (χ1) is 19.3. The average Bonchev–Trinajstić information content (AvgIpc) is 2.94. The maximum atomic E-state index is 13.5. The summed E-state index contributed by atoms with van der Waals surface area (Å²) in [7, 11) is 0. The van der Waals surface area contributed by atoms with Crippen LogP contribution in [0.25, 0.3) is 16.5 Å². The number of nitrogens with zero attached hydrogens (tertiary/aromatic N) is 4. The SMILES string of the molecule is Cc1ccc(-n2c(O)c(C=NN3C(=O)c4cccc5c(N6CCOCC6)ccc(c45)C3=O)c(=O)[nH]c2=O)c(C)c1. The second-order valence-corrected chi connectivity index (χ2v) is 9.75. The van der Waals surface area contributed by atoms with E-state index < -0.39 is 28.9 Å². The van der Waals surface area contributed by atoms with E-state index in [9.17, 15) is 24.3 Å². The molecule has 0 bridgehead atoms. The maximum absolute atomic E-state index is 13.5. The van der Waals surface area contributed by atoms with Crippen LogP contribution in [0.1, 0.15) is 37.4 Å². The summed E-state index contributed by atoms with van der Waals surface area (Å²) < 4.78 is 6.40. The van der Waals surface area contributed by atoms with Crippen molar-refractivity contribution in [3.8, 4) is 11.6 Å². The molecule has 2 aliphatic heterocycles. The minimum Gasteiger partial charge on any atom is -0.493 e. The Morgan fingerprint density at radius 1 is 0.925 bits per heavy atom. The summed E-state index contributed by atoms with van der Waals surface area (Å²) in [6.07, 6.45) is 0.913. The number of rotatable bonds is 4. The van der Waals surface area contributed by atoms with Crippen LogP contribution >= 0.6 is 0 Å². The van der Waals surface area contributed by atoms with E-state index in [-0.39, 0.29) is 16.7 Å². The number of hydrogen-bond acceptors (Lipinski definition) is 8. The first-order valence-corrected chi connectivity index (χ1v) is 12.7. The van der Waals surface area contributed by atoms with E-state index in [0.29, 0.717) is 47.9 Å². The van der Waals surface area contributed by atoms with Gasteiger partial charge in [0.05, 0.1) is 36.2 Å². The van der Waals surface area contributed by atoms with Gasteiger partial charge in [0.1, 0.15) is 5.56 Å². The molecule has 2 N–H and O–H groups in total. The molecule has 1 fully saturated rings. The van der Waals surface area contributed by atoms with Crippen LogP contribution < -0.4 is 16.1 Å². The lowest BCUT2D eigenvalue weighted by Crippen LogP contribution is -2.38. The molecule has 0 unspecified atom stereocenters. The molecule has 2 aliphatic rings. The summed E-state index contributed by atoms with van der Waals surface area (Å²) in [6, 6.07) is 14.0. The Hall–Kier alpha value is -5.03. The van der Waals surface area contributed by atoms with E-state index in [4.69, 9.17) is 4.74 Å². The molecule has 0 aliphatic carbocycles. The minimum atomic E-state index is -0.915. The zero-order valence-electron chi connectivity index (χ0n) is 21.8. The monoisotopic (exact) mass is 539 g/mol. The summed E-state index contributed by atoms with van der Waals surface area (Å²) >= 11 is 0. The predicted octanol–water partition coefficient (Wildman–Crippen LogP) is 2.47. The van der Waals surface area contributed by atoms with Crippen molar-refractivity contribution >= 4 is 34.5 Å². The summed E-state index contributed by atoms with van der Waals surface area (Å²) in [5, 5.41) is 16.9. The highest BCUT2D eigenvalue weighted by Crippen LogP contribution is 2.36. The molecular formula is C29H25N5O6. The molecule has 40 heavy (non-hydrogen) atoms. The van der Waals surface area contributed by atoms with Gasteiger partial charge in [-0.25, -0.2) is 9.36 Å². The van der Waals surface area contributed by atoms with Gasteiger partial charge in [0.2, 0.25) is 5.88 Å². The van der Waals surface area contributed by atoms with Gasteiger partial charge >= 0.3 is 5.69 Å². The van der Waals surface area contributed by atoms with Crippen LogP contribution in [-0.4, -0.2) is 64.0 Å². The third-order valence-corrected chi connectivity index (χ3v) is 7.23. The molecule has 3 aromatic carbocycles. The molecule has 1 saturated heterocycles. The van der Waals surface area contributed by atoms with Crippen molar-refractivity contribution < 1.29 is 19.4 Å². The van der Waals surface area contributed by atoms with Crippen molar-refractivity contribution in [3.05, 3.63) is 97.2 Å². The Kier molecular flexibility index (Phi) is 6.07. The fourth-order valence-electron chi connectivity index (χ4n) is 5.30. The van der Waals surface area contributed by atoms with Crippen molar-refractivity contribution in [2.24, 2.45) is 5.10 Å². The number of aryl methyl sites for hydroxylation is 2. The Labute approximate surface area is 227 Å². The van der Waals surface area contributed by atoms with Crippen LogP contribution in [0.15, 0.2) is 63.2 Å². The van der Waals surface area contributed by atoms with Crippen LogP contribution in [0, 0.1) is 13.8 Å². The van der Waals surface area contributed by atoms with E-state index in [2.05, 4.69) is 15.0 Å². The molecule has 11 heteroatoms. The number of aromatic hydroxyl groups is 1. The highest BCUT2D eigenvalue weighted by atomic mass is 16.5. The lowest BCUT2D eigenvalue weighted by molar-refractivity contribution is 0.0616. The fraction of sp³-hybridized carbons (Fsp3) is 0.207. The maximum Gasteiger partial charge on any atom is 0.335 e. The number of hydrazone groups is 1. The smallest absolute Gasteiger partial charge is 0.335 e. The molecule has 11 nitrogen and oxygen atoms in total. The van der Waals surface area contributed by atoms with Crippen LogP contribution in [0.2, 0.25) is 0 Å². The first kappa shape index (κ1) is 25.3. The number of anilines is 1. The number of imide groups is 1. The first-order valence-electron chi connectivity index (χ1n) is 12.7. The lowest BCUT2D eigenvalue weighted by Gasteiger charge is -2.31. The second-order valence-electron chi connectivity index (χ2n) is 9.75. The van der Waals surface area contributed by atoms with Gasteiger partial charge in [-0.05, 0) is 43.7 Å². The van der Waals surface area contributed by atoms with Gasteiger partial charge < -0.3 is 14.7 Å². The topological polar surface area (TPSA) is 137 Å². The van der Waals surface area contributed by atoms with Gasteiger partial charge in [-0.15, -0.1) is 0 Å². The summed E-state index contributed by atoms with van der Waals surface area (Å²) in [6.45, 7) is 6.22. The van der Waals surface area contributed by atoms with Crippen molar-refractivity contribution in [1.82, 2.24) is 14.6 Å². The highest BCUT2D eigenvalue weighted by molar-refractivity contribution is 6.26. The van der Waals surface area contributed by atoms with Gasteiger partial charge in [-0.1, -0.05) is 29.8 Å². The largest absolute Gasteiger partial charge is 0.493 e. The van der Waals surface area contributed by atoms with Crippen LogP contribution in [0.5, 0.6) is 5.88 Å². The molecule has 0 saturated carbocycles. The number of benzene rings is 3. The lowest BCUT2D eigenvalue weighted by atomic mass is 9.93. The third kappa shape index (κ3) is 3.98. The third-order valence-electron chi connectivity index (χ3n) is 7.23. The molecule has 6 rings (SSSR count). The van der Waals surface area contributed by atoms with E-state index in [0.717, 1.165) is 27.4 Å². The van der Waals surface area contributed by atoms with Gasteiger partial charge in [-0.3, -0.25) is 19.4 Å². The number of aromatic amines is 1. The van der Waals surface area contributed by atoms with E-state index >= 15 is 0 Å². The number of nitrogens with one attached hydrogen (secondary N) is 1. The number of amides is 2. The second kappa shape index (κ2) is 9.62. The zero-order valence-corrected chi connectivity index (χ0v) is 21.8. The fourth-order valence-corrected chi connectivity index (χ4v) is 5.30. The average molecular weight is 540 g/mol. The van der Waals surface area contributed by atoms with Gasteiger partial charge in [0.15, 0.2) is 0 Å². The quantitative estimate of drug-likeness (QED) is 0.300. The van der Waals surface area contributed by atoms with E-state index in [1.165, 1.54) is 0 Å². The molecule has 0 spiro atoms. The minimum absolute atomic E-state index is 0.290. The Morgan fingerprint density at radius 2 is 1.62 bits per heavy atom. The van der Waals surface area contributed by atoms with Crippen molar-refractivity contribution in [1.29, 1.82) is 0 Å². The molecule has 0 radical (unpaired) electrons. The highest BCUT2D eigenvalue weighted by Gasteiger charge is 2.34. The Bertz CT molecular complexity index is 1840. The van der Waals surface area contributed by atoms with Gasteiger partial charge in [0, 0.05) is 29.5 Å². The number of carbonyl (C=O) groups is 2. The van der Waals surface area contributed by atoms with Crippen molar-refractivity contribution in [2.45, 2.75) is 13.8 Å². The summed E-state index contributed by atoms with van der Waals surface area (Å²) in [5.41, 5.74) is 1.36. The zero-order chi connectivity index (χ0) is 28.1. The number of aromatic nitrogens is 2. The molecule has 202 valence electrons. The van der Waals surface area contributed by atoms with Gasteiger partial charge in [-0.2, -0.15) is 10.1 Å². The Balaban J connectivity index is 1.41. The number of carbonyl (C=O) groups excluding carboxylic acids is 2. The number of morpholine rings is 1. The van der Waals surface area contributed by atoms with Crippen LogP contribution in [0.3, 0.4) is 0 Å². The molecule has 0 atom stereocenters. The van der Waals surface area contributed by atoms with Gasteiger partial charge in [0.25, 0.3) is 17.4 Å². The van der Waals surface area contributed by atoms with Crippen LogP contribution in [-0.2, 0) is 4.74 Å². The number of hydrogen-bond donors (Lipinski definition) is 2. The molecule has 1 aromatic heterocycles. The van der Waals surface area contributed by atoms with Crippen LogP contribution in [0.4, 0.5) is 5.69 Å². The molecule has 2 amide bonds. The number of ether oxygens (including phenoxy) is 1. The van der Waals surface area contributed by atoms with Crippen molar-refractivity contribution in [2.75, 3.05) is 31.2 Å². The number of H-pyrrole nitrogens is 1. The molecule has 3 heterocycles. The van der Waals surface area contributed by atoms with E-state index in [1.54, 1.807) is 37.3 Å². The molecule has 4 aromatic rings. The predicted molar refractivity (Wildman–Crippen MR) is 149 cm³/mol. The summed E-state index contributed by atoms with van der Waals surface area (Å²) in [4.78, 5) is 56.5. The van der Waals surface area contributed by atoms with E-state index in [1.807, 2.05) is 25.1 Å².